The number of allylic oxidation sites excluding steroid dienone is 4. The van der Waals surface area contributed by atoms with Crippen molar-refractivity contribution in [2.24, 2.45) is 0 Å². The average Bonchev–Trinajstić information content (AvgIpc) is 1.96. The van der Waals surface area contributed by atoms with E-state index in [1.54, 1.807) is 6.92 Å². The van der Waals surface area contributed by atoms with Crippen LogP contribution in [0.1, 0.15) is 6.92 Å². The molecule has 0 bridgehead atoms. The summed E-state index contributed by atoms with van der Waals surface area (Å²) in [4.78, 5) is 22.0. The van der Waals surface area contributed by atoms with E-state index >= 15 is 0 Å². The maximum Gasteiger partial charge on any atom is 0.186 e. The number of hydrogen-bond acceptors (Lipinski definition) is 2. The van der Waals surface area contributed by atoms with Gasteiger partial charge in [0.25, 0.3) is 0 Å². The quantitative estimate of drug-likeness (QED) is 0.439. The van der Waals surface area contributed by atoms with Crippen LogP contribution in [-0.4, -0.2) is 17.4 Å². The van der Waals surface area contributed by atoms with Gasteiger partial charge in [-0.2, -0.15) is 0 Å². The summed E-state index contributed by atoms with van der Waals surface area (Å²) in [5.41, 5.74) is 0.852. The number of rotatable bonds is 1. The average molecular weight is 171 g/mol. The van der Waals surface area contributed by atoms with Crippen molar-refractivity contribution in [1.82, 2.24) is 0 Å². The number of halogens is 1. The van der Waals surface area contributed by atoms with Gasteiger partial charge in [0, 0.05) is 11.1 Å². The molecule has 0 saturated heterocycles. The second-order valence-electron chi connectivity index (χ2n) is 2.36. The molecular weight excluding hydrogens is 164 g/mol. The van der Waals surface area contributed by atoms with Crippen molar-refractivity contribution in [2.45, 2.75) is 6.92 Å². The highest BCUT2D eigenvalue weighted by molar-refractivity contribution is 6.28. The third kappa shape index (κ3) is 1.57. The van der Waals surface area contributed by atoms with Gasteiger partial charge in [0.15, 0.2) is 11.6 Å². The van der Waals surface area contributed by atoms with E-state index < -0.39 is 0 Å². The zero-order chi connectivity index (χ0) is 8.43. The van der Waals surface area contributed by atoms with Gasteiger partial charge in [0.1, 0.15) is 0 Å². The first-order valence-electron chi connectivity index (χ1n) is 3.18. The third-order valence-corrected chi connectivity index (χ3v) is 1.76. The largest absolute Gasteiger partial charge is 0.290 e. The molecule has 0 aromatic rings. The van der Waals surface area contributed by atoms with Crippen molar-refractivity contribution in [1.29, 1.82) is 0 Å². The number of Topliss-reactive ketones (excluding diaryl/α,β-unsaturated/α-hetero) is 1. The summed E-state index contributed by atoms with van der Waals surface area (Å²) in [6.07, 6.45) is 2.60. The van der Waals surface area contributed by atoms with E-state index in [0.717, 1.165) is 0 Å². The maximum atomic E-state index is 11.1. The second kappa shape index (κ2) is 3.01. The van der Waals surface area contributed by atoms with Crippen LogP contribution in [-0.2, 0) is 9.59 Å². The molecule has 0 aromatic heterocycles. The highest BCUT2D eigenvalue weighted by Gasteiger charge is 2.16. The Morgan fingerprint density at radius 2 is 2.00 bits per heavy atom. The van der Waals surface area contributed by atoms with Gasteiger partial charge in [0.05, 0.1) is 5.88 Å². The molecule has 0 saturated carbocycles. The Labute approximate surface area is 69.5 Å². The molecule has 2 nitrogen and oxygen atoms in total. The molecular formula is C8H7ClO2. The monoisotopic (exact) mass is 170 g/mol. The van der Waals surface area contributed by atoms with Gasteiger partial charge in [-0.3, -0.25) is 9.59 Å². The molecule has 11 heavy (non-hydrogen) atoms. The van der Waals surface area contributed by atoms with Gasteiger partial charge in [0.2, 0.25) is 0 Å². The van der Waals surface area contributed by atoms with E-state index in [2.05, 4.69) is 0 Å². The van der Waals surface area contributed by atoms with Gasteiger partial charge in [-0.15, -0.1) is 11.6 Å². The minimum absolute atomic E-state index is 0.107. The summed E-state index contributed by atoms with van der Waals surface area (Å²) in [7, 11) is 0. The van der Waals surface area contributed by atoms with Crippen LogP contribution < -0.4 is 0 Å². The smallest absolute Gasteiger partial charge is 0.186 e. The topological polar surface area (TPSA) is 34.1 Å². The number of hydrogen-bond donors (Lipinski definition) is 0. The number of carbonyl (C=O) groups excluding carboxylic acids is 2. The van der Waals surface area contributed by atoms with Gasteiger partial charge in [-0.05, 0) is 19.1 Å². The lowest BCUT2D eigenvalue weighted by molar-refractivity contribution is -0.115. The van der Waals surface area contributed by atoms with E-state index in [1.807, 2.05) is 0 Å². The number of carbonyl (C=O) groups is 2. The fourth-order valence-electron chi connectivity index (χ4n) is 0.910. The highest BCUT2D eigenvalue weighted by atomic mass is 35.5. The zero-order valence-electron chi connectivity index (χ0n) is 6.06. The molecule has 0 aromatic carbocycles. The minimum Gasteiger partial charge on any atom is -0.290 e. The van der Waals surface area contributed by atoms with Crippen LogP contribution in [0.2, 0.25) is 0 Å². The molecule has 0 spiro atoms. The number of ketones is 2. The Bertz CT molecular complexity index is 274. The molecule has 0 atom stereocenters. The van der Waals surface area contributed by atoms with Gasteiger partial charge >= 0.3 is 0 Å². The highest BCUT2D eigenvalue weighted by Crippen LogP contribution is 2.12. The molecule has 0 heterocycles. The Hall–Kier alpha value is -0.890. The fraction of sp³-hybridized carbons (Fsp3) is 0.250. The predicted molar refractivity (Wildman–Crippen MR) is 42.6 cm³/mol. The molecule has 0 N–H and O–H groups in total. The fourth-order valence-corrected chi connectivity index (χ4v) is 1.11. The summed E-state index contributed by atoms with van der Waals surface area (Å²) in [6.45, 7) is 1.61. The predicted octanol–water partition coefficient (Wildman–Crippen LogP) is 1.25. The second-order valence-corrected chi connectivity index (χ2v) is 2.63. The molecule has 58 valence electrons. The van der Waals surface area contributed by atoms with Crippen molar-refractivity contribution in [3.63, 3.8) is 0 Å². The van der Waals surface area contributed by atoms with Crippen molar-refractivity contribution < 1.29 is 9.59 Å². The standard InChI is InChI=1S/C8H7ClO2/c1-5-2-7(10)3-6(4-9)8(5)11/h2-3H,4H2,1H3. The molecule has 1 rings (SSSR count). The minimum atomic E-state index is -0.155. The van der Waals surface area contributed by atoms with E-state index in [9.17, 15) is 9.59 Å². The molecule has 0 aliphatic heterocycles. The van der Waals surface area contributed by atoms with Crippen LogP contribution in [0.5, 0.6) is 0 Å². The van der Waals surface area contributed by atoms with E-state index in [-0.39, 0.29) is 17.4 Å². The van der Waals surface area contributed by atoms with Crippen LogP contribution in [0.3, 0.4) is 0 Å². The lowest BCUT2D eigenvalue weighted by Crippen LogP contribution is -2.13. The molecule has 0 amide bonds. The Balaban J connectivity index is 3.00. The molecule has 0 radical (unpaired) electrons. The first kappa shape index (κ1) is 8.21. The zero-order valence-corrected chi connectivity index (χ0v) is 6.81. The molecule has 0 unspecified atom stereocenters. The number of alkyl halides is 1. The SMILES string of the molecule is CC1=CC(=O)C=C(CCl)C1=O. The lowest BCUT2D eigenvalue weighted by atomic mass is 9.98. The summed E-state index contributed by atoms with van der Waals surface area (Å²) >= 11 is 5.44. The van der Waals surface area contributed by atoms with Gasteiger partial charge in [-0.25, -0.2) is 0 Å². The van der Waals surface area contributed by atoms with E-state index in [0.29, 0.717) is 11.1 Å². The molecule has 1 aliphatic carbocycles. The molecule has 1 aliphatic rings. The van der Waals surface area contributed by atoms with Crippen molar-refractivity contribution in [3.05, 3.63) is 23.3 Å². The van der Waals surface area contributed by atoms with Crippen LogP contribution in [0.15, 0.2) is 23.3 Å². The molecule has 0 fully saturated rings. The van der Waals surface area contributed by atoms with Crippen molar-refractivity contribution in [3.8, 4) is 0 Å². The van der Waals surface area contributed by atoms with Crippen LogP contribution in [0, 0.1) is 0 Å². The van der Waals surface area contributed by atoms with Crippen molar-refractivity contribution in [2.75, 3.05) is 5.88 Å². The summed E-state index contributed by atoms with van der Waals surface area (Å²) in [6, 6.07) is 0. The Morgan fingerprint density at radius 1 is 1.36 bits per heavy atom. The van der Waals surface area contributed by atoms with E-state index in [1.165, 1.54) is 12.2 Å². The summed E-state index contributed by atoms with van der Waals surface area (Å²) in [5.74, 6) is -0.173. The third-order valence-electron chi connectivity index (χ3n) is 1.47. The van der Waals surface area contributed by atoms with Crippen LogP contribution in [0.25, 0.3) is 0 Å². The first-order valence-corrected chi connectivity index (χ1v) is 3.72. The normalized spacial score (nSPS) is 18.0. The van der Waals surface area contributed by atoms with Crippen LogP contribution in [0.4, 0.5) is 0 Å². The molecule has 3 heteroatoms. The summed E-state index contributed by atoms with van der Waals surface area (Å²) in [5, 5.41) is 0. The Morgan fingerprint density at radius 3 is 2.55 bits per heavy atom. The van der Waals surface area contributed by atoms with Gasteiger partial charge in [-0.1, -0.05) is 0 Å². The first-order chi connectivity index (χ1) is 5.15. The van der Waals surface area contributed by atoms with Crippen LogP contribution >= 0.6 is 11.6 Å². The van der Waals surface area contributed by atoms with E-state index in [4.69, 9.17) is 11.6 Å². The lowest BCUT2D eigenvalue weighted by Gasteiger charge is -2.06. The maximum absolute atomic E-state index is 11.1. The summed E-state index contributed by atoms with van der Waals surface area (Å²) < 4.78 is 0. The van der Waals surface area contributed by atoms with Crippen molar-refractivity contribution >= 4 is 23.2 Å². The van der Waals surface area contributed by atoms with Gasteiger partial charge < -0.3 is 0 Å². The Kier molecular flexibility index (Phi) is 2.25.